The summed E-state index contributed by atoms with van der Waals surface area (Å²) >= 11 is 0. The molecular weight excluding hydrogens is 298 g/mol. The number of carbonyl (C=O) groups is 1. The fraction of sp³-hybridized carbons (Fsp3) is 0.267. The molecule has 8 heteroatoms. The summed E-state index contributed by atoms with van der Waals surface area (Å²) in [5.74, 6) is 0.689. The zero-order chi connectivity index (χ0) is 16.2. The number of nitrogens with zero attached hydrogens (tertiary/aromatic N) is 5. The maximum atomic E-state index is 12.4. The lowest BCUT2D eigenvalue weighted by Gasteiger charge is -2.35. The predicted octanol–water partition coefficient (Wildman–Crippen LogP) is 1.35. The van der Waals surface area contributed by atoms with Gasteiger partial charge in [0.1, 0.15) is 5.82 Å². The third kappa shape index (κ3) is 3.25. The van der Waals surface area contributed by atoms with Crippen molar-refractivity contribution in [2.75, 3.05) is 31.1 Å². The minimum absolute atomic E-state index is 0.0194. The Balaban J connectivity index is 1.63. The maximum absolute atomic E-state index is 12.4. The molecule has 1 aromatic heterocycles. The summed E-state index contributed by atoms with van der Waals surface area (Å²) < 4.78 is 0. The lowest BCUT2D eigenvalue weighted by Crippen LogP contribution is -2.49. The molecule has 1 aliphatic rings. The molecule has 1 amide bonds. The van der Waals surface area contributed by atoms with Crippen LogP contribution < -0.4 is 4.90 Å². The van der Waals surface area contributed by atoms with E-state index in [0.717, 1.165) is 5.82 Å². The van der Waals surface area contributed by atoms with E-state index in [1.54, 1.807) is 23.5 Å². The van der Waals surface area contributed by atoms with Gasteiger partial charge in [-0.1, -0.05) is 0 Å². The van der Waals surface area contributed by atoms with Crippen molar-refractivity contribution >= 4 is 17.4 Å². The molecular formula is C15H15N5O3. The minimum atomic E-state index is -0.478. The van der Waals surface area contributed by atoms with Crippen LogP contribution in [-0.4, -0.2) is 51.9 Å². The van der Waals surface area contributed by atoms with Gasteiger partial charge in [0.25, 0.3) is 11.6 Å². The Morgan fingerprint density at radius 2 is 1.78 bits per heavy atom. The average Bonchev–Trinajstić information content (AvgIpc) is 2.62. The fourth-order valence-corrected chi connectivity index (χ4v) is 2.50. The molecule has 0 N–H and O–H groups in total. The largest absolute Gasteiger partial charge is 0.352 e. The molecule has 0 saturated carbocycles. The highest BCUT2D eigenvalue weighted by Gasteiger charge is 2.23. The van der Waals surface area contributed by atoms with Crippen LogP contribution in [0.15, 0.2) is 42.9 Å². The Morgan fingerprint density at radius 3 is 2.35 bits per heavy atom. The van der Waals surface area contributed by atoms with Crippen molar-refractivity contribution in [3.63, 3.8) is 0 Å². The van der Waals surface area contributed by atoms with E-state index in [1.165, 1.54) is 24.3 Å². The first-order valence-electron chi connectivity index (χ1n) is 7.20. The molecule has 1 aliphatic heterocycles. The first-order chi connectivity index (χ1) is 11.1. The maximum Gasteiger partial charge on any atom is 0.269 e. The Hall–Kier alpha value is -3.03. The second-order valence-electron chi connectivity index (χ2n) is 5.15. The monoisotopic (exact) mass is 313 g/mol. The van der Waals surface area contributed by atoms with Gasteiger partial charge in [-0.05, 0) is 12.1 Å². The normalized spacial score (nSPS) is 14.6. The topological polar surface area (TPSA) is 92.5 Å². The number of aromatic nitrogens is 2. The molecule has 0 bridgehead atoms. The third-order valence-electron chi connectivity index (χ3n) is 3.77. The summed E-state index contributed by atoms with van der Waals surface area (Å²) in [6.07, 6.45) is 4.97. The van der Waals surface area contributed by atoms with Crippen LogP contribution in [0.5, 0.6) is 0 Å². The Labute approximate surface area is 132 Å². The third-order valence-corrected chi connectivity index (χ3v) is 3.77. The number of hydrogen-bond acceptors (Lipinski definition) is 6. The van der Waals surface area contributed by atoms with Gasteiger partial charge in [-0.3, -0.25) is 19.9 Å². The first-order valence-corrected chi connectivity index (χ1v) is 7.20. The number of benzene rings is 1. The van der Waals surface area contributed by atoms with Crippen LogP contribution >= 0.6 is 0 Å². The van der Waals surface area contributed by atoms with Gasteiger partial charge in [-0.25, -0.2) is 4.98 Å². The Morgan fingerprint density at radius 1 is 1.09 bits per heavy atom. The van der Waals surface area contributed by atoms with Crippen molar-refractivity contribution in [2.24, 2.45) is 0 Å². The Bertz CT molecular complexity index is 697. The second-order valence-corrected chi connectivity index (χ2v) is 5.15. The van der Waals surface area contributed by atoms with Crippen LogP contribution in [0.3, 0.4) is 0 Å². The van der Waals surface area contributed by atoms with Crippen molar-refractivity contribution in [1.29, 1.82) is 0 Å². The second kappa shape index (κ2) is 6.39. The van der Waals surface area contributed by atoms with E-state index >= 15 is 0 Å². The lowest BCUT2D eigenvalue weighted by atomic mass is 10.1. The van der Waals surface area contributed by atoms with Gasteiger partial charge in [0.15, 0.2) is 0 Å². The van der Waals surface area contributed by atoms with Crippen molar-refractivity contribution in [3.05, 3.63) is 58.5 Å². The smallest absolute Gasteiger partial charge is 0.269 e. The summed E-state index contributed by atoms with van der Waals surface area (Å²) in [4.78, 5) is 34.7. The molecule has 0 spiro atoms. The van der Waals surface area contributed by atoms with Gasteiger partial charge >= 0.3 is 0 Å². The van der Waals surface area contributed by atoms with Gasteiger partial charge in [-0.2, -0.15) is 0 Å². The van der Waals surface area contributed by atoms with E-state index < -0.39 is 4.92 Å². The molecule has 1 fully saturated rings. The Kier molecular flexibility index (Phi) is 4.13. The molecule has 118 valence electrons. The van der Waals surface area contributed by atoms with Gasteiger partial charge in [0.05, 0.1) is 11.1 Å². The lowest BCUT2D eigenvalue weighted by molar-refractivity contribution is -0.384. The number of nitro groups is 1. The summed E-state index contributed by atoms with van der Waals surface area (Å²) in [6, 6.07) is 5.69. The highest BCUT2D eigenvalue weighted by molar-refractivity contribution is 5.94. The van der Waals surface area contributed by atoms with E-state index in [2.05, 4.69) is 14.9 Å². The average molecular weight is 313 g/mol. The molecule has 0 unspecified atom stereocenters. The molecule has 8 nitrogen and oxygen atoms in total. The number of nitro benzene ring substituents is 1. The number of anilines is 1. The standard InChI is InChI=1S/C15H15N5O3/c21-15(12-1-3-13(4-2-12)20(22)23)19-9-7-18(8-10-19)14-11-16-5-6-17-14/h1-6,11H,7-10H2. The van der Waals surface area contributed by atoms with E-state index in [9.17, 15) is 14.9 Å². The molecule has 1 aromatic carbocycles. The molecule has 1 saturated heterocycles. The van der Waals surface area contributed by atoms with E-state index in [4.69, 9.17) is 0 Å². The SMILES string of the molecule is O=C(c1ccc([N+](=O)[O-])cc1)N1CCN(c2cnccn2)CC1. The van der Waals surface area contributed by atoms with Crippen LogP contribution in [0, 0.1) is 10.1 Å². The van der Waals surface area contributed by atoms with Crippen LogP contribution in [0.4, 0.5) is 11.5 Å². The van der Waals surface area contributed by atoms with Gasteiger partial charge in [0.2, 0.25) is 0 Å². The van der Waals surface area contributed by atoms with E-state index in [0.29, 0.717) is 31.7 Å². The molecule has 0 aliphatic carbocycles. The molecule has 3 rings (SSSR count). The van der Waals surface area contributed by atoms with Crippen LogP contribution in [-0.2, 0) is 0 Å². The molecule has 2 aromatic rings. The summed E-state index contributed by atoms with van der Waals surface area (Å²) in [5.41, 5.74) is 0.442. The van der Waals surface area contributed by atoms with E-state index in [1.807, 2.05) is 0 Å². The van der Waals surface area contributed by atoms with Crippen LogP contribution in [0.1, 0.15) is 10.4 Å². The molecule has 23 heavy (non-hydrogen) atoms. The first kappa shape index (κ1) is 14.9. The summed E-state index contributed by atoms with van der Waals surface area (Å²) in [6.45, 7) is 2.51. The highest BCUT2D eigenvalue weighted by atomic mass is 16.6. The van der Waals surface area contributed by atoms with Gasteiger partial charge in [0, 0.05) is 56.3 Å². The highest BCUT2D eigenvalue weighted by Crippen LogP contribution is 2.16. The van der Waals surface area contributed by atoms with Crippen LogP contribution in [0.2, 0.25) is 0 Å². The molecule has 0 radical (unpaired) electrons. The number of carbonyl (C=O) groups excluding carboxylic acids is 1. The number of piperazine rings is 1. The predicted molar refractivity (Wildman–Crippen MR) is 83.2 cm³/mol. The summed E-state index contributed by atoms with van der Waals surface area (Å²) in [7, 11) is 0. The minimum Gasteiger partial charge on any atom is -0.352 e. The number of amides is 1. The van der Waals surface area contributed by atoms with Crippen molar-refractivity contribution in [1.82, 2.24) is 14.9 Å². The quantitative estimate of drug-likeness (QED) is 0.627. The van der Waals surface area contributed by atoms with Crippen molar-refractivity contribution in [3.8, 4) is 0 Å². The zero-order valence-electron chi connectivity index (χ0n) is 12.3. The molecule has 0 atom stereocenters. The van der Waals surface area contributed by atoms with Crippen molar-refractivity contribution < 1.29 is 9.72 Å². The number of rotatable bonds is 3. The van der Waals surface area contributed by atoms with Crippen LogP contribution in [0.25, 0.3) is 0 Å². The molecule has 2 heterocycles. The van der Waals surface area contributed by atoms with Gasteiger partial charge < -0.3 is 9.80 Å². The van der Waals surface area contributed by atoms with E-state index in [-0.39, 0.29) is 11.6 Å². The number of hydrogen-bond donors (Lipinski definition) is 0. The summed E-state index contributed by atoms with van der Waals surface area (Å²) in [5, 5.41) is 10.6. The fourth-order valence-electron chi connectivity index (χ4n) is 2.50. The van der Waals surface area contributed by atoms with Gasteiger partial charge in [-0.15, -0.1) is 0 Å². The number of non-ortho nitro benzene ring substituents is 1. The van der Waals surface area contributed by atoms with Crippen molar-refractivity contribution in [2.45, 2.75) is 0 Å². The zero-order valence-corrected chi connectivity index (χ0v) is 12.3.